The summed E-state index contributed by atoms with van der Waals surface area (Å²) in [6, 6.07) is 2.34. The van der Waals surface area contributed by atoms with Gasteiger partial charge in [-0.25, -0.2) is 0 Å². The molecule has 3 heterocycles. The average Bonchev–Trinajstić information content (AvgIpc) is 2.80. The standard InChI is InChI=1S/C13H15F3N4/c1-8-4-5-17-10(6-8)12-19-18-11-3-2-9(7-20(11)12)13(14,15)16/h2-3,7-8,10,17H,4-6H2,1H3. The van der Waals surface area contributed by atoms with Crippen molar-refractivity contribution in [3.63, 3.8) is 0 Å². The molecule has 2 atom stereocenters. The van der Waals surface area contributed by atoms with E-state index in [2.05, 4.69) is 22.4 Å². The molecule has 0 aromatic carbocycles. The SMILES string of the molecule is CC1CCNC(c2nnc3ccc(C(F)(F)F)cn23)C1. The molecule has 20 heavy (non-hydrogen) atoms. The van der Waals surface area contributed by atoms with Gasteiger partial charge in [-0.2, -0.15) is 13.2 Å². The summed E-state index contributed by atoms with van der Waals surface area (Å²) in [6.07, 6.45) is -1.35. The third-order valence-electron chi connectivity index (χ3n) is 3.73. The van der Waals surface area contributed by atoms with Crippen LogP contribution >= 0.6 is 0 Å². The molecule has 0 aliphatic carbocycles. The van der Waals surface area contributed by atoms with Crippen LogP contribution in [-0.2, 0) is 6.18 Å². The van der Waals surface area contributed by atoms with Gasteiger partial charge >= 0.3 is 6.18 Å². The van der Waals surface area contributed by atoms with Crippen molar-refractivity contribution < 1.29 is 13.2 Å². The lowest BCUT2D eigenvalue weighted by atomic mass is 9.94. The molecule has 0 bridgehead atoms. The van der Waals surface area contributed by atoms with E-state index in [1.807, 2.05) is 0 Å². The number of piperidine rings is 1. The maximum atomic E-state index is 12.8. The Labute approximate surface area is 114 Å². The molecule has 1 aliphatic heterocycles. The van der Waals surface area contributed by atoms with Crippen LogP contribution in [0.15, 0.2) is 18.3 Å². The number of hydrogen-bond acceptors (Lipinski definition) is 3. The molecule has 0 radical (unpaired) electrons. The molecule has 1 N–H and O–H groups in total. The molecule has 0 spiro atoms. The Kier molecular flexibility index (Phi) is 3.16. The van der Waals surface area contributed by atoms with Crippen molar-refractivity contribution in [3.8, 4) is 0 Å². The minimum Gasteiger partial charge on any atom is -0.307 e. The van der Waals surface area contributed by atoms with Gasteiger partial charge in [-0.05, 0) is 37.4 Å². The van der Waals surface area contributed by atoms with Crippen LogP contribution in [0.1, 0.15) is 37.2 Å². The van der Waals surface area contributed by atoms with Gasteiger partial charge < -0.3 is 5.32 Å². The molecular formula is C13H15F3N4. The summed E-state index contributed by atoms with van der Waals surface area (Å²) in [7, 11) is 0. The highest BCUT2D eigenvalue weighted by Gasteiger charge is 2.32. The zero-order valence-electron chi connectivity index (χ0n) is 11.0. The fourth-order valence-corrected chi connectivity index (χ4v) is 2.62. The third-order valence-corrected chi connectivity index (χ3v) is 3.73. The van der Waals surface area contributed by atoms with Crippen molar-refractivity contribution in [1.29, 1.82) is 0 Å². The largest absolute Gasteiger partial charge is 0.417 e. The van der Waals surface area contributed by atoms with E-state index in [0.717, 1.165) is 31.6 Å². The van der Waals surface area contributed by atoms with Gasteiger partial charge in [0, 0.05) is 6.20 Å². The van der Waals surface area contributed by atoms with E-state index < -0.39 is 11.7 Å². The van der Waals surface area contributed by atoms with Crippen molar-refractivity contribution >= 4 is 5.65 Å². The van der Waals surface area contributed by atoms with Gasteiger partial charge in [-0.3, -0.25) is 4.40 Å². The van der Waals surface area contributed by atoms with E-state index in [1.54, 1.807) is 0 Å². The highest BCUT2D eigenvalue weighted by Crippen LogP contribution is 2.31. The number of rotatable bonds is 1. The van der Waals surface area contributed by atoms with Crippen LogP contribution in [0, 0.1) is 5.92 Å². The molecule has 2 unspecified atom stereocenters. The van der Waals surface area contributed by atoms with Gasteiger partial charge in [0.25, 0.3) is 0 Å². The molecular weight excluding hydrogens is 269 g/mol. The lowest BCUT2D eigenvalue weighted by Crippen LogP contribution is -2.32. The predicted octanol–water partition coefficient (Wildman–Crippen LogP) is 2.81. The second-order valence-electron chi connectivity index (χ2n) is 5.34. The van der Waals surface area contributed by atoms with E-state index in [9.17, 15) is 13.2 Å². The van der Waals surface area contributed by atoms with Gasteiger partial charge in [-0.15, -0.1) is 10.2 Å². The summed E-state index contributed by atoms with van der Waals surface area (Å²) >= 11 is 0. The van der Waals surface area contributed by atoms with Gasteiger partial charge in [0.05, 0.1) is 11.6 Å². The van der Waals surface area contributed by atoms with E-state index >= 15 is 0 Å². The molecule has 108 valence electrons. The van der Waals surface area contributed by atoms with Gasteiger partial charge in [0.1, 0.15) is 0 Å². The second-order valence-corrected chi connectivity index (χ2v) is 5.34. The maximum absolute atomic E-state index is 12.8. The molecule has 4 nitrogen and oxygen atoms in total. The monoisotopic (exact) mass is 284 g/mol. The zero-order valence-corrected chi connectivity index (χ0v) is 11.0. The molecule has 1 aliphatic rings. The fraction of sp³-hybridized carbons (Fsp3) is 0.538. The number of aromatic nitrogens is 3. The molecule has 0 amide bonds. The van der Waals surface area contributed by atoms with E-state index in [-0.39, 0.29) is 6.04 Å². The van der Waals surface area contributed by atoms with E-state index in [4.69, 9.17) is 0 Å². The van der Waals surface area contributed by atoms with Gasteiger partial charge in [0.15, 0.2) is 11.5 Å². The summed E-state index contributed by atoms with van der Waals surface area (Å²) in [5, 5.41) is 11.3. The van der Waals surface area contributed by atoms with Crippen molar-refractivity contribution in [2.45, 2.75) is 32.0 Å². The first-order valence-electron chi connectivity index (χ1n) is 6.60. The molecule has 1 fully saturated rings. The highest BCUT2D eigenvalue weighted by atomic mass is 19.4. The molecule has 7 heteroatoms. The quantitative estimate of drug-likeness (QED) is 0.875. The molecule has 3 rings (SSSR count). The average molecular weight is 284 g/mol. The van der Waals surface area contributed by atoms with Crippen molar-refractivity contribution in [2.75, 3.05) is 6.54 Å². The first kappa shape index (κ1) is 13.4. The van der Waals surface area contributed by atoms with Crippen LogP contribution in [0.2, 0.25) is 0 Å². The number of nitrogens with zero attached hydrogens (tertiary/aromatic N) is 3. The second kappa shape index (κ2) is 4.73. The number of alkyl halides is 3. The van der Waals surface area contributed by atoms with Crippen LogP contribution in [0.3, 0.4) is 0 Å². The Morgan fingerprint density at radius 1 is 1.30 bits per heavy atom. The Balaban J connectivity index is 2.03. The first-order valence-corrected chi connectivity index (χ1v) is 6.60. The Hall–Kier alpha value is -1.63. The Morgan fingerprint density at radius 2 is 2.10 bits per heavy atom. The zero-order chi connectivity index (χ0) is 14.3. The predicted molar refractivity (Wildman–Crippen MR) is 67.1 cm³/mol. The number of pyridine rings is 1. The molecule has 2 aromatic rings. The summed E-state index contributed by atoms with van der Waals surface area (Å²) < 4.78 is 39.8. The summed E-state index contributed by atoms with van der Waals surface area (Å²) in [5.41, 5.74) is -0.247. The van der Waals surface area contributed by atoms with Crippen molar-refractivity contribution in [1.82, 2.24) is 19.9 Å². The van der Waals surface area contributed by atoms with E-state index in [1.165, 1.54) is 10.5 Å². The normalized spacial score (nSPS) is 24.2. The first-order chi connectivity index (χ1) is 9.45. The van der Waals surface area contributed by atoms with Gasteiger partial charge in [-0.1, -0.05) is 6.92 Å². The smallest absolute Gasteiger partial charge is 0.307 e. The number of hydrogen-bond donors (Lipinski definition) is 1. The highest BCUT2D eigenvalue weighted by molar-refractivity contribution is 5.40. The van der Waals surface area contributed by atoms with Crippen LogP contribution < -0.4 is 5.32 Å². The summed E-state index contributed by atoms with van der Waals surface area (Å²) in [6.45, 7) is 2.98. The maximum Gasteiger partial charge on any atom is 0.417 e. The number of halogens is 3. The lowest BCUT2D eigenvalue weighted by molar-refractivity contribution is -0.137. The van der Waals surface area contributed by atoms with Crippen LogP contribution in [-0.4, -0.2) is 21.1 Å². The Bertz CT molecular complexity index is 620. The van der Waals surface area contributed by atoms with E-state index in [0.29, 0.717) is 17.4 Å². The van der Waals surface area contributed by atoms with Gasteiger partial charge in [0.2, 0.25) is 0 Å². The Morgan fingerprint density at radius 3 is 2.80 bits per heavy atom. The summed E-state index contributed by atoms with van der Waals surface area (Å²) in [5.74, 6) is 1.08. The topological polar surface area (TPSA) is 42.2 Å². The van der Waals surface area contributed by atoms with Crippen LogP contribution in [0.5, 0.6) is 0 Å². The number of fused-ring (bicyclic) bond motifs is 1. The van der Waals surface area contributed by atoms with Crippen molar-refractivity contribution in [3.05, 3.63) is 29.7 Å². The minimum absolute atomic E-state index is 0.0442. The molecule has 2 aromatic heterocycles. The van der Waals surface area contributed by atoms with Crippen LogP contribution in [0.25, 0.3) is 5.65 Å². The molecule has 0 saturated carbocycles. The third kappa shape index (κ3) is 2.37. The van der Waals surface area contributed by atoms with Crippen molar-refractivity contribution in [2.24, 2.45) is 5.92 Å². The number of nitrogens with one attached hydrogen (secondary N) is 1. The fourth-order valence-electron chi connectivity index (χ4n) is 2.62. The summed E-state index contributed by atoms with van der Waals surface area (Å²) in [4.78, 5) is 0. The lowest BCUT2D eigenvalue weighted by Gasteiger charge is -2.26. The van der Waals surface area contributed by atoms with Crippen LogP contribution in [0.4, 0.5) is 13.2 Å². The minimum atomic E-state index is -4.36. The molecule has 1 saturated heterocycles.